The second-order valence-electron chi connectivity index (χ2n) is 6.24. The fourth-order valence-corrected chi connectivity index (χ4v) is 3.10. The van der Waals surface area contributed by atoms with Crippen LogP contribution >= 0.6 is 0 Å². The van der Waals surface area contributed by atoms with Crippen molar-refractivity contribution < 1.29 is 32.6 Å². The van der Waals surface area contributed by atoms with Crippen molar-refractivity contribution in [2.45, 2.75) is 32.0 Å². The highest BCUT2D eigenvalue weighted by atomic mass is 19.4. The van der Waals surface area contributed by atoms with Gasteiger partial charge in [-0.05, 0) is 31.5 Å². The largest absolute Gasteiger partial charge is 0.480 e. The van der Waals surface area contributed by atoms with Crippen LogP contribution in [0.4, 0.5) is 13.2 Å². The molecular weight excluding hydrogens is 367 g/mol. The maximum atomic E-state index is 12.7. The van der Waals surface area contributed by atoms with Crippen molar-refractivity contribution in [1.82, 2.24) is 14.8 Å². The smallest absolute Gasteiger partial charge is 0.422 e. The molecule has 1 aromatic rings. The highest BCUT2D eigenvalue weighted by Crippen LogP contribution is 2.23. The van der Waals surface area contributed by atoms with E-state index in [1.807, 2.05) is 11.8 Å². The second-order valence-corrected chi connectivity index (χ2v) is 6.24. The number of likely N-dealkylation sites (tertiary alicyclic amines) is 1. The van der Waals surface area contributed by atoms with Gasteiger partial charge in [0, 0.05) is 25.3 Å². The predicted octanol–water partition coefficient (Wildman–Crippen LogP) is 2.03. The van der Waals surface area contributed by atoms with Gasteiger partial charge in [0.15, 0.2) is 6.61 Å². The summed E-state index contributed by atoms with van der Waals surface area (Å²) >= 11 is 0. The molecule has 0 aromatic carbocycles. The van der Waals surface area contributed by atoms with Crippen molar-refractivity contribution >= 4 is 11.9 Å². The van der Waals surface area contributed by atoms with Gasteiger partial charge in [0.2, 0.25) is 5.88 Å². The molecule has 1 N–H and O–H groups in total. The number of rotatable bonds is 7. The molecule has 2 heterocycles. The van der Waals surface area contributed by atoms with Gasteiger partial charge in [-0.3, -0.25) is 14.5 Å². The van der Waals surface area contributed by atoms with Crippen LogP contribution in [-0.4, -0.2) is 76.8 Å². The van der Waals surface area contributed by atoms with Crippen molar-refractivity contribution in [3.63, 3.8) is 0 Å². The van der Waals surface area contributed by atoms with Crippen molar-refractivity contribution in [1.29, 1.82) is 0 Å². The van der Waals surface area contributed by atoms with Crippen molar-refractivity contribution in [3.05, 3.63) is 23.9 Å². The fraction of sp³-hybridized carbons (Fsp3) is 0.588. The summed E-state index contributed by atoms with van der Waals surface area (Å²) in [6.45, 7) is 1.64. The Morgan fingerprint density at radius 3 is 2.59 bits per heavy atom. The molecule has 0 spiro atoms. The van der Waals surface area contributed by atoms with Gasteiger partial charge < -0.3 is 14.7 Å². The lowest BCUT2D eigenvalue weighted by molar-refractivity contribution is -0.154. The average molecular weight is 389 g/mol. The van der Waals surface area contributed by atoms with Crippen LogP contribution in [0.15, 0.2) is 18.3 Å². The van der Waals surface area contributed by atoms with Crippen LogP contribution in [0.25, 0.3) is 0 Å². The van der Waals surface area contributed by atoms with Gasteiger partial charge in [-0.15, -0.1) is 0 Å². The zero-order valence-corrected chi connectivity index (χ0v) is 14.9. The Hall–Kier alpha value is -2.36. The monoisotopic (exact) mass is 389 g/mol. The lowest BCUT2D eigenvalue weighted by Crippen LogP contribution is -2.48. The maximum Gasteiger partial charge on any atom is 0.422 e. The number of aliphatic carboxylic acids is 1. The van der Waals surface area contributed by atoms with Gasteiger partial charge in [-0.25, -0.2) is 4.98 Å². The van der Waals surface area contributed by atoms with Gasteiger partial charge >= 0.3 is 12.1 Å². The normalized spacial score (nSPS) is 15.8. The Morgan fingerprint density at radius 1 is 1.37 bits per heavy atom. The lowest BCUT2D eigenvalue weighted by Gasteiger charge is -2.37. The number of hydrogen-bond donors (Lipinski definition) is 1. The van der Waals surface area contributed by atoms with Crippen LogP contribution < -0.4 is 4.74 Å². The Labute approximate surface area is 154 Å². The van der Waals surface area contributed by atoms with Gasteiger partial charge in [-0.1, -0.05) is 6.92 Å². The molecule has 1 fully saturated rings. The summed E-state index contributed by atoms with van der Waals surface area (Å²) in [6.07, 6.45) is -2.08. The van der Waals surface area contributed by atoms with E-state index in [2.05, 4.69) is 9.72 Å². The van der Waals surface area contributed by atoms with Crippen LogP contribution in [0.2, 0.25) is 0 Å². The Morgan fingerprint density at radius 2 is 2.04 bits per heavy atom. The summed E-state index contributed by atoms with van der Waals surface area (Å²) in [5.74, 6) is -1.69. The number of carbonyl (C=O) groups is 2. The van der Waals surface area contributed by atoms with Crippen molar-refractivity contribution in [2.75, 3.05) is 32.8 Å². The topological polar surface area (TPSA) is 83.0 Å². The van der Waals surface area contributed by atoms with Gasteiger partial charge in [-0.2, -0.15) is 13.2 Å². The number of carbonyl (C=O) groups excluding carboxylic acids is 1. The van der Waals surface area contributed by atoms with E-state index in [-0.39, 0.29) is 24.0 Å². The first-order chi connectivity index (χ1) is 12.7. The first-order valence-corrected chi connectivity index (χ1v) is 8.61. The predicted molar refractivity (Wildman–Crippen MR) is 89.6 cm³/mol. The summed E-state index contributed by atoms with van der Waals surface area (Å²) in [5, 5.41) is 8.97. The van der Waals surface area contributed by atoms with Crippen LogP contribution in [0.3, 0.4) is 0 Å². The summed E-state index contributed by atoms with van der Waals surface area (Å²) in [5.41, 5.74) is -0.0157. The third kappa shape index (κ3) is 6.09. The molecule has 1 saturated heterocycles. The third-order valence-corrected chi connectivity index (χ3v) is 4.39. The van der Waals surface area contributed by atoms with Crippen molar-refractivity contribution in [3.8, 4) is 5.88 Å². The standard InChI is InChI=1S/C17H22F3N3O4/c1-2-22(10-14(24)25)12-5-8-23(9-6-12)16(26)13-4-3-7-21-15(13)27-11-17(18,19)20/h3-4,7,12H,2,5-6,8-11H2,1H3,(H,24,25). The minimum absolute atomic E-state index is 0.0157. The van der Waals surface area contributed by atoms with E-state index in [1.54, 1.807) is 0 Å². The lowest BCUT2D eigenvalue weighted by atomic mass is 10.0. The molecule has 0 atom stereocenters. The quantitative estimate of drug-likeness (QED) is 0.769. The van der Waals surface area contributed by atoms with Gasteiger partial charge in [0.25, 0.3) is 5.91 Å². The molecule has 1 aliphatic rings. The summed E-state index contributed by atoms with van der Waals surface area (Å²) in [7, 11) is 0. The number of aromatic nitrogens is 1. The number of hydrogen-bond acceptors (Lipinski definition) is 5. The van der Waals surface area contributed by atoms with Gasteiger partial charge in [0.05, 0.1) is 6.54 Å². The van der Waals surface area contributed by atoms with E-state index in [0.717, 1.165) is 0 Å². The molecule has 1 aliphatic heterocycles. The van der Waals surface area contributed by atoms with E-state index < -0.39 is 24.7 Å². The SMILES string of the molecule is CCN(CC(=O)O)C1CCN(C(=O)c2cccnc2OCC(F)(F)F)CC1. The molecule has 1 aromatic heterocycles. The number of likely N-dealkylation sites (N-methyl/N-ethyl adjacent to an activating group) is 1. The number of amides is 1. The number of carboxylic acid groups (broad SMARTS) is 1. The van der Waals surface area contributed by atoms with Crippen LogP contribution in [0, 0.1) is 0 Å². The molecule has 2 rings (SSSR count). The zero-order chi connectivity index (χ0) is 20.0. The molecule has 27 heavy (non-hydrogen) atoms. The number of nitrogens with zero attached hydrogens (tertiary/aromatic N) is 3. The van der Waals surface area contributed by atoms with Crippen LogP contribution in [0.5, 0.6) is 5.88 Å². The second kappa shape index (κ2) is 9.03. The van der Waals surface area contributed by atoms with Crippen LogP contribution in [0.1, 0.15) is 30.1 Å². The van der Waals surface area contributed by atoms with Gasteiger partial charge in [0.1, 0.15) is 5.56 Å². The summed E-state index contributed by atoms with van der Waals surface area (Å²) < 4.78 is 41.8. The number of alkyl halides is 3. The zero-order valence-electron chi connectivity index (χ0n) is 14.9. The number of carboxylic acids is 1. The van der Waals surface area contributed by atoms with E-state index in [4.69, 9.17) is 5.11 Å². The number of pyridine rings is 1. The molecule has 150 valence electrons. The highest BCUT2D eigenvalue weighted by Gasteiger charge is 2.32. The number of piperidine rings is 1. The molecule has 1 amide bonds. The molecule has 0 radical (unpaired) electrons. The summed E-state index contributed by atoms with van der Waals surface area (Å²) in [6, 6.07) is 2.90. The first kappa shape index (κ1) is 20.9. The molecule has 10 heteroatoms. The minimum atomic E-state index is -4.52. The Bertz CT molecular complexity index is 661. The molecular formula is C17H22F3N3O4. The number of halogens is 3. The van der Waals surface area contributed by atoms with E-state index in [1.165, 1.54) is 23.2 Å². The Kier molecular flexibility index (Phi) is 7.00. The first-order valence-electron chi connectivity index (χ1n) is 8.61. The Balaban J connectivity index is 2.01. The molecule has 7 nitrogen and oxygen atoms in total. The average Bonchev–Trinajstić information content (AvgIpc) is 2.63. The molecule has 0 aliphatic carbocycles. The molecule has 0 unspecified atom stereocenters. The highest BCUT2D eigenvalue weighted by molar-refractivity contribution is 5.96. The van der Waals surface area contributed by atoms with E-state index in [9.17, 15) is 22.8 Å². The fourth-order valence-electron chi connectivity index (χ4n) is 3.10. The molecule has 0 bridgehead atoms. The van der Waals surface area contributed by atoms with E-state index in [0.29, 0.717) is 32.5 Å². The number of ether oxygens (including phenoxy) is 1. The maximum absolute atomic E-state index is 12.7. The minimum Gasteiger partial charge on any atom is -0.480 e. The molecule has 0 saturated carbocycles. The van der Waals surface area contributed by atoms with E-state index >= 15 is 0 Å². The van der Waals surface area contributed by atoms with Crippen LogP contribution in [-0.2, 0) is 4.79 Å². The third-order valence-electron chi connectivity index (χ3n) is 4.39. The van der Waals surface area contributed by atoms with Crippen molar-refractivity contribution in [2.24, 2.45) is 0 Å². The summed E-state index contributed by atoms with van der Waals surface area (Å²) in [4.78, 5) is 30.7.